The van der Waals surface area contributed by atoms with E-state index in [1.807, 2.05) is 24.3 Å². The minimum absolute atomic E-state index is 0.440. The number of hydrogen-bond acceptors (Lipinski definition) is 1. The second kappa shape index (κ2) is 3.88. The third-order valence-electron chi connectivity index (χ3n) is 1.99. The van der Waals surface area contributed by atoms with E-state index in [0.29, 0.717) is 17.0 Å². The molecule has 0 radical (unpaired) electrons. The van der Waals surface area contributed by atoms with Crippen LogP contribution in [0, 0.1) is 0 Å². The quantitative estimate of drug-likeness (QED) is 0.580. The van der Waals surface area contributed by atoms with Gasteiger partial charge in [-0.3, -0.25) is 0 Å². The Labute approximate surface area is 88.0 Å². The molecule has 0 aromatic heterocycles. The Morgan fingerprint density at radius 1 is 1.36 bits per heavy atom. The number of nitrogens with two attached hydrogens (primary N) is 1. The summed E-state index contributed by atoms with van der Waals surface area (Å²) in [5.41, 5.74) is 6.60. The van der Waals surface area contributed by atoms with Crippen molar-refractivity contribution in [3.05, 3.63) is 29.3 Å². The van der Waals surface area contributed by atoms with Crippen molar-refractivity contribution in [1.29, 1.82) is 0 Å². The minimum Gasteiger partial charge on any atom is -0.370 e. The van der Waals surface area contributed by atoms with Crippen LogP contribution < -0.4 is 11.1 Å². The molecule has 1 aromatic carbocycles. The van der Waals surface area contributed by atoms with E-state index in [0.717, 1.165) is 18.5 Å². The Morgan fingerprint density at radius 3 is 2.57 bits per heavy atom. The maximum Gasteiger partial charge on any atom is 0.193 e. The summed E-state index contributed by atoms with van der Waals surface area (Å²) in [5.74, 6) is 0.481. The van der Waals surface area contributed by atoms with Crippen molar-refractivity contribution in [2.45, 2.75) is 18.9 Å². The molecule has 1 aliphatic carbocycles. The Bertz CT molecular complexity index is 341. The second-order valence-corrected chi connectivity index (χ2v) is 3.81. The number of nitrogens with zero attached hydrogens (tertiary/aromatic N) is 1. The number of benzene rings is 1. The van der Waals surface area contributed by atoms with Crippen molar-refractivity contribution in [2.24, 2.45) is 10.7 Å². The van der Waals surface area contributed by atoms with Crippen LogP contribution in [0.5, 0.6) is 0 Å². The fraction of sp³-hybridized carbons (Fsp3) is 0.300. The zero-order chi connectivity index (χ0) is 9.97. The minimum atomic E-state index is 0.440. The monoisotopic (exact) mass is 209 g/mol. The van der Waals surface area contributed by atoms with E-state index < -0.39 is 0 Å². The molecular weight excluding hydrogens is 198 g/mol. The fourth-order valence-electron chi connectivity index (χ4n) is 1.11. The summed E-state index contributed by atoms with van der Waals surface area (Å²) < 4.78 is 0. The van der Waals surface area contributed by atoms with E-state index >= 15 is 0 Å². The van der Waals surface area contributed by atoms with Crippen LogP contribution in [-0.4, -0.2) is 12.0 Å². The first-order valence-electron chi connectivity index (χ1n) is 4.60. The molecule has 0 heterocycles. The first-order valence-corrected chi connectivity index (χ1v) is 4.98. The maximum absolute atomic E-state index is 5.75. The molecule has 0 spiro atoms. The highest BCUT2D eigenvalue weighted by molar-refractivity contribution is 6.30. The van der Waals surface area contributed by atoms with Crippen molar-refractivity contribution >= 4 is 23.2 Å². The van der Waals surface area contributed by atoms with E-state index in [-0.39, 0.29) is 0 Å². The van der Waals surface area contributed by atoms with Gasteiger partial charge in [-0.1, -0.05) is 11.6 Å². The van der Waals surface area contributed by atoms with Crippen molar-refractivity contribution in [2.75, 3.05) is 5.32 Å². The average Bonchev–Trinajstić information content (AvgIpc) is 2.93. The standard InChI is InChI=1S/C10H12ClN3/c11-7-1-3-8(4-2-7)13-10(12)14-9-5-6-9/h1-4,9H,5-6H2,(H3,12,13,14). The SMILES string of the molecule is NC(=NC1CC1)Nc1ccc(Cl)cc1. The number of hydrogen-bond donors (Lipinski definition) is 2. The molecule has 0 atom stereocenters. The van der Waals surface area contributed by atoms with Gasteiger partial charge in [-0.05, 0) is 37.1 Å². The van der Waals surface area contributed by atoms with Gasteiger partial charge in [0.25, 0.3) is 0 Å². The summed E-state index contributed by atoms with van der Waals surface area (Å²) in [7, 11) is 0. The largest absolute Gasteiger partial charge is 0.370 e. The molecule has 0 aliphatic heterocycles. The van der Waals surface area contributed by atoms with Gasteiger partial charge in [0.15, 0.2) is 5.96 Å². The topological polar surface area (TPSA) is 50.4 Å². The Balaban J connectivity index is 1.99. The summed E-state index contributed by atoms with van der Waals surface area (Å²) in [5, 5.41) is 3.73. The van der Waals surface area contributed by atoms with Crippen LogP contribution in [0.1, 0.15) is 12.8 Å². The van der Waals surface area contributed by atoms with Gasteiger partial charge in [-0.25, -0.2) is 4.99 Å². The molecule has 3 N–H and O–H groups in total. The molecule has 3 nitrogen and oxygen atoms in total. The highest BCUT2D eigenvalue weighted by Gasteiger charge is 2.20. The summed E-state index contributed by atoms with van der Waals surface area (Å²) >= 11 is 5.75. The number of nitrogens with one attached hydrogen (secondary N) is 1. The summed E-state index contributed by atoms with van der Waals surface area (Å²) in [4.78, 5) is 4.26. The highest BCUT2D eigenvalue weighted by atomic mass is 35.5. The lowest BCUT2D eigenvalue weighted by atomic mass is 10.3. The summed E-state index contributed by atoms with van der Waals surface area (Å²) in [6.45, 7) is 0. The summed E-state index contributed by atoms with van der Waals surface area (Å²) in [6, 6.07) is 7.81. The molecular formula is C10H12ClN3. The lowest BCUT2D eigenvalue weighted by molar-refractivity contribution is 1.06. The van der Waals surface area contributed by atoms with Gasteiger partial charge >= 0.3 is 0 Å². The number of anilines is 1. The number of aliphatic imine (C=N–C) groups is 1. The van der Waals surface area contributed by atoms with E-state index in [9.17, 15) is 0 Å². The van der Waals surface area contributed by atoms with Crippen molar-refractivity contribution < 1.29 is 0 Å². The molecule has 4 heteroatoms. The van der Waals surface area contributed by atoms with Crippen LogP contribution in [0.4, 0.5) is 5.69 Å². The number of guanidine groups is 1. The molecule has 0 unspecified atom stereocenters. The lowest BCUT2D eigenvalue weighted by Crippen LogP contribution is -2.22. The van der Waals surface area contributed by atoms with Gasteiger partial charge in [0, 0.05) is 10.7 Å². The molecule has 0 amide bonds. The average molecular weight is 210 g/mol. The van der Waals surface area contributed by atoms with Crippen molar-refractivity contribution in [1.82, 2.24) is 0 Å². The van der Waals surface area contributed by atoms with Crippen LogP contribution in [0.15, 0.2) is 29.3 Å². The maximum atomic E-state index is 5.75. The normalized spacial score (nSPS) is 16.8. The molecule has 1 fully saturated rings. The zero-order valence-electron chi connectivity index (χ0n) is 7.70. The fourth-order valence-corrected chi connectivity index (χ4v) is 1.24. The van der Waals surface area contributed by atoms with Crippen molar-refractivity contribution in [3.63, 3.8) is 0 Å². The molecule has 1 aromatic rings. The van der Waals surface area contributed by atoms with E-state index in [1.54, 1.807) is 0 Å². The van der Waals surface area contributed by atoms with Gasteiger partial charge in [0.1, 0.15) is 0 Å². The smallest absolute Gasteiger partial charge is 0.193 e. The van der Waals surface area contributed by atoms with Crippen LogP contribution in [0.2, 0.25) is 5.02 Å². The lowest BCUT2D eigenvalue weighted by Gasteiger charge is -2.04. The second-order valence-electron chi connectivity index (χ2n) is 3.38. The molecule has 2 rings (SSSR count). The Kier molecular flexibility index (Phi) is 2.59. The van der Waals surface area contributed by atoms with Gasteiger partial charge in [-0.15, -0.1) is 0 Å². The van der Waals surface area contributed by atoms with Crippen LogP contribution in [-0.2, 0) is 0 Å². The van der Waals surface area contributed by atoms with Crippen LogP contribution in [0.3, 0.4) is 0 Å². The third-order valence-corrected chi connectivity index (χ3v) is 2.24. The van der Waals surface area contributed by atoms with Crippen molar-refractivity contribution in [3.8, 4) is 0 Å². The van der Waals surface area contributed by atoms with Crippen LogP contribution >= 0.6 is 11.6 Å². The predicted octanol–water partition coefficient (Wildman–Crippen LogP) is 2.23. The molecule has 1 saturated carbocycles. The number of halogens is 1. The zero-order valence-corrected chi connectivity index (χ0v) is 8.46. The molecule has 74 valence electrons. The number of rotatable bonds is 2. The molecule has 14 heavy (non-hydrogen) atoms. The Hall–Kier alpha value is -1.22. The van der Waals surface area contributed by atoms with E-state index in [4.69, 9.17) is 17.3 Å². The van der Waals surface area contributed by atoms with Gasteiger partial charge in [-0.2, -0.15) is 0 Å². The molecule has 1 aliphatic rings. The van der Waals surface area contributed by atoms with Crippen LogP contribution in [0.25, 0.3) is 0 Å². The first-order chi connectivity index (χ1) is 6.74. The van der Waals surface area contributed by atoms with E-state index in [1.165, 1.54) is 0 Å². The summed E-state index contributed by atoms with van der Waals surface area (Å²) in [6.07, 6.45) is 2.31. The van der Waals surface area contributed by atoms with Gasteiger partial charge in [0.2, 0.25) is 0 Å². The first kappa shape index (κ1) is 9.34. The Morgan fingerprint density at radius 2 is 2.00 bits per heavy atom. The molecule has 0 saturated heterocycles. The van der Waals surface area contributed by atoms with Gasteiger partial charge < -0.3 is 11.1 Å². The van der Waals surface area contributed by atoms with Gasteiger partial charge in [0.05, 0.1) is 6.04 Å². The third kappa shape index (κ3) is 2.64. The predicted molar refractivity (Wildman–Crippen MR) is 59.7 cm³/mol. The molecule has 0 bridgehead atoms. The van der Waals surface area contributed by atoms with E-state index in [2.05, 4.69) is 10.3 Å². The highest BCUT2D eigenvalue weighted by Crippen LogP contribution is 2.23.